The number of hydrogen-bond acceptors (Lipinski definition) is 2. The molecule has 2 saturated heterocycles. The summed E-state index contributed by atoms with van der Waals surface area (Å²) in [5.41, 5.74) is 1.27. The minimum atomic E-state index is 0.770. The average Bonchev–Trinajstić information content (AvgIpc) is 2.51. The molecule has 1 atom stereocenters. The summed E-state index contributed by atoms with van der Waals surface area (Å²) in [6, 6.07) is 9.04. The van der Waals surface area contributed by atoms with E-state index in [0.29, 0.717) is 0 Å². The van der Waals surface area contributed by atoms with E-state index in [1.54, 1.807) is 0 Å². The van der Waals surface area contributed by atoms with Crippen LogP contribution in [0, 0.1) is 0 Å². The van der Waals surface area contributed by atoms with Crippen molar-refractivity contribution in [1.82, 2.24) is 9.80 Å². The molecule has 3 rings (SSSR count). The predicted octanol–water partition coefficient (Wildman–Crippen LogP) is 3.79. The fraction of sp³-hybridized carbons (Fsp3) is 0.647. The van der Waals surface area contributed by atoms with E-state index in [0.717, 1.165) is 17.6 Å². The minimum absolute atomic E-state index is 0.770. The highest BCUT2D eigenvalue weighted by atomic mass is 35.5. The van der Waals surface area contributed by atoms with Crippen molar-refractivity contribution >= 4 is 11.6 Å². The maximum Gasteiger partial charge on any atom is 0.0451 e. The van der Waals surface area contributed by atoms with Gasteiger partial charge < -0.3 is 0 Å². The predicted molar refractivity (Wildman–Crippen MR) is 85.2 cm³/mol. The second-order valence-corrected chi connectivity index (χ2v) is 6.63. The molecule has 0 spiro atoms. The number of rotatable bonds is 3. The van der Waals surface area contributed by atoms with Gasteiger partial charge in [0, 0.05) is 24.2 Å². The monoisotopic (exact) mass is 292 g/mol. The van der Waals surface area contributed by atoms with Crippen LogP contribution in [0.3, 0.4) is 0 Å². The van der Waals surface area contributed by atoms with Gasteiger partial charge in [-0.05, 0) is 56.9 Å². The second-order valence-electron chi connectivity index (χ2n) is 6.22. The average molecular weight is 293 g/mol. The van der Waals surface area contributed by atoms with E-state index in [4.69, 9.17) is 11.6 Å². The lowest BCUT2D eigenvalue weighted by molar-refractivity contribution is 0.0792. The fourth-order valence-electron chi connectivity index (χ4n) is 3.62. The Hall–Kier alpha value is -0.570. The highest BCUT2D eigenvalue weighted by molar-refractivity contribution is 6.31. The minimum Gasteiger partial charge on any atom is -0.299 e. The Morgan fingerprint density at radius 3 is 2.60 bits per heavy atom. The SMILES string of the molecule is Clc1ccccc1CN1CCCC(N2CCCCC2)C1. The van der Waals surface area contributed by atoms with Crippen LogP contribution >= 0.6 is 11.6 Å². The smallest absolute Gasteiger partial charge is 0.0451 e. The summed E-state index contributed by atoms with van der Waals surface area (Å²) in [7, 11) is 0. The summed E-state index contributed by atoms with van der Waals surface area (Å²) in [5, 5.41) is 0.910. The van der Waals surface area contributed by atoms with E-state index >= 15 is 0 Å². The van der Waals surface area contributed by atoms with Crippen molar-refractivity contribution < 1.29 is 0 Å². The highest BCUT2D eigenvalue weighted by Crippen LogP contribution is 2.23. The third-order valence-corrected chi connectivity index (χ3v) is 5.11. The van der Waals surface area contributed by atoms with E-state index in [1.807, 2.05) is 12.1 Å². The molecule has 2 aliphatic heterocycles. The topological polar surface area (TPSA) is 6.48 Å². The number of hydrogen-bond donors (Lipinski definition) is 0. The number of halogens is 1. The molecule has 20 heavy (non-hydrogen) atoms. The lowest BCUT2D eigenvalue weighted by atomic mass is 10.0. The normalized spacial score (nSPS) is 25.8. The van der Waals surface area contributed by atoms with E-state index in [2.05, 4.69) is 21.9 Å². The van der Waals surface area contributed by atoms with Gasteiger partial charge in [0.2, 0.25) is 0 Å². The molecule has 0 aromatic heterocycles. The summed E-state index contributed by atoms with van der Waals surface area (Å²) < 4.78 is 0. The van der Waals surface area contributed by atoms with Gasteiger partial charge in [0.25, 0.3) is 0 Å². The van der Waals surface area contributed by atoms with Gasteiger partial charge in [-0.1, -0.05) is 36.2 Å². The van der Waals surface area contributed by atoms with Crippen LogP contribution in [-0.2, 0) is 6.54 Å². The molecule has 0 bridgehead atoms. The van der Waals surface area contributed by atoms with Crippen molar-refractivity contribution in [1.29, 1.82) is 0 Å². The van der Waals surface area contributed by atoms with Crippen molar-refractivity contribution in [3.05, 3.63) is 34.9 Å². The molecule has 1 aromatic carbocycles. The Morgan fingerprint density at radius 1 is 1.00 bits per heavy atom. The van der Waals surface area contributed by atoms with E-state index in [9.17, 15) is 0 Å². The summed E-state index contributed by atoms with van der Waals surface area (Å²) in [6.07, 6.45) is 6.90. The van der Waals surface area contributed by atoms with Gasteiger partial charge in [0.05, 0.1) is 0 Å². The molecular formula is C17H25ClN2. The van der Waals surface area contributed by atoms with Crippen LogP contribution in [0.25, 0.3) is 0 Å². The Bertz CT molecular complexity index is 429. The Balaban J connectivity index is 1.59. The lowest BCUT2D eigenvalue weighted by Crippen LogP contribution is -2.49. The van der Waals surface area contributed by atoms with Crippen molar-refractivity contribution in [2.75, 3.05) is 26.2 Å². The molecule has 2 fully saturated rings. The first-order chi connectivity index (χ1) is 9.83. The van der Waals surface area contributed by atoms with E-state index < -0.39 is 0 Å². The van der Waals surface area contributed by atoms with E-state index in [-0.39, 0.29) is 0 Å². The van der Waals surface area contributed by atoms with Crippen LogP contribution in [0.2, 0.25) is 5.02 Å². The maximum absolute atomic E-state index is 6.29. The van der Waals surface area contributed by atoms with Crippen LogP contribution in [0.5, 0.6) is 0 Å². The van der Waals surface area contributed by atoms with Crippen LogP contribution in [0.15, 0.2) is 24.3 Å². The zero-order chi connectivity index (χ0) is 13.8. The molecule has 3 heteroatoms. The van der Waals surface area contributed by atoms with Gasteiger partial charge in [-0.2, -0.15) is 0 Å². The number of benzene rings is 1. The first kappa shape index (κ1) is 14.4. The van der Waals surface area contributed by atoms with Crippen LogP contribution in [0.4, 0.5) is 0 Å². The largest absolute Gasteiger partial charge is 0.299 e. The zero-order valence-corrected chi connectivity index (χ0v) is 13.0. The Labute approximate surface area is 127 Å². The Kier molecular flexibility index (Phi) is 4.98. The van der Waals surface area contributed by atoms with E-state index in [1.165, 1.54) is 63.8 Å². The first-order valence-electron chi connectivity index (χ1n) is 8.03. The van der Waals surface area contributed by atoms with Gasteiger partial charge in [-0.25, -0.2) is 0 Å². The van der Waals surface area contributed by atoms with Crippen molar-refractivity contribution in [3.8, 4) is 0 Å². The standard InChI is InChI=1S/C17H25ClN2/c18-17-9-3-2-7-15(17)13-19-10-6-8-16(14-19)20-11-4-1-5-12-20/h2-3,7,9,16H,1,4-6,8,10-14H2. The van der Waals surface area contributed by atoms with Gasteiger partial charge in [-0.3, -0.25) is 9.80 Å². The van der Waals surface area contributed by atoms with Gasteiger partial charge in [0.1, 0.15) is 0 Å². The lowest BCUT2D eigenvalue weighted by Gasteiger charge is -2.41. The van der Waals surface area contributed by atoms with Crippen LogP contribution in [0.1, 0.15) is 37.7 Å². The highest BCUT2D eigenvalue weighted by Gasteiger charge is 2.26. The zero-order valence-electron chi connectivity index (χ0n) is 12.2. The number of nitrogens with zero attached hydrogens (tertiary/aromatic N) is 2. The molecule has 0 N–H and O–H groups in total. The molecular weight excluding hydrogens is 268 g/mol. The summed E-state index contributed by atoms with van der Waals surface area (Å²) >= 11 is 6.29. The summed E-state index contributed by atoms with van der Waals surface area (Å²) in [6.45, 7) is 6.06. The van der Waals surface area contributed by atoms with Crippen molar-refractivity contribution in [2.45, 2.75) is 44.7 Å². The van der Waals surface area contributed by atoms with Crippen molar-refractivity contribution in [3.63, 3.8) is 0 Å². The van der Waals surface area contributed by atoms with Crippen molar-refractivity contribution in [2.24, 2.45) is 0 Å². The molecule has 2 aliphatic rings. The molecule has 1 aromatic rings. The molecule has 0 amide bonds. The molecule has 0 radical (unpaired) electrons. The third kappa shape index (κ3) is 3.55. The van der Waals surface area contributed by atoms with Gasteiger partial charge in [-0.15, -0.1) is 0 Å². The quantitative estimate of drug-likeness (QED) is 0.836. The first-order valence-corrected chi connectivity index (χ1v) is 8.40. The van der Waals surface area contributed by atoms with Gasteiger partial charge >= 0.3 is 0 Å². The number of piperidine rings is 2. The second kappa shape index (κ2) is 6.93. The molecule has 110 valence electrons. The van der Waals surface area contributed by atoms with Crippen LogP contribution in [-0.4, -0.2) is 42.0 Å². The molecule has 0 aliphatic carbocycles. The van der Waals surface area contributed by atoms with Gasteiger partial charge in [0.15, 0.2) is 0 Å². The van der Waals surface area contributed by atoms with Crippen LogP contribution < -0.4 is 0 Å². The molecule has 2 heterocycles. The summed E-state index contributed by atoms with van der Waals surface area (Å²) in [4.78, 5) is 5.31. The molecule has 2 nitrogen and oxygen atoms in total. The summed E-state index contributed by atoms with van der Waals surface area (Å²) in [5.74, 6) is 0. The Morgan fingerprint density at radius 2 is 1.80 bits per heavy atom. The molecule has 0 saturated carbocycles. The number of likely N-dealkylation sites (tertiary alicyclic amines) is 2. The third-order valence-electron chi connectivity index (χ3n) is 4.74. The maximum atomic E-state index is 6.29. The molecule has 1 unspecified atom stereocenters. The fourth-order valence-corrected chi connectivity index (χ4v) is 3.82.